The minimum atomic E-state index is 0.847. The zero-order valence-corrected chi connectivity index (χ0v) is 8.81. The van der Waals surface area contributed by atoms with E-state index in [1.54, 1.807) is 4.68 Å². The monoisotopic (exact) mass is 201 g/mol. The average Bonchev–Trinajstić information content (AvgIpc) is 2.58. The lowest BCUT2D eigenvalue weighted by Gasteiger charge is -1.91. The fourth-order valence-corrected chi connectivity index (χ4v) is 1.33. The summed E-state index contributed by atoms with van der Waals surface area (Å²) >= 11 is 0. The number of rotatable bonds is 2. The second-order valence-corrected chi connectivity index (χ2v) is 3.32. The van der Waals surface area contributed by atoms with E-state index in [0.717, 1.165) is 17.2 Å². The summed E-state index contributed by atoms with van der Waals surface area (Å²) in [6, 6.07) is 9.98. The number of nitrogens with zero attached hydrogens (tertiary/aromatic N) is 3. The Labute approximate surface area is 88.3 Å². The fraction of sp³-hybridized carbons (Fsp3) is 0.182. The molecule has 1 N–H and O–H groups in total. The van der Waals surface area contributed by atoms with Gasteiger partial charge >= 0.3 is 0 Å². The quantitative estimate of drug-likeness (QED) is 0.576. The van der Waals surface area contributed by atoms with Crippen LogP contribution in [0, 0.1) is 13.8 Å². The molecular formula is C11H13N4+. The van der Waals surface area contributed by atoms with Gasteiger partial charge in [0.1, 0.15) is 0 Å². The van der Waals surface area contributed by atoms with Gasteiger partial charge in [-0.25, -0.2) is 0 Å². The fourth-order valence-electron chi connectivity index (χ4n) is 1.33. The Morgan fingerprint density at radius 3 is 2.60 bits per heavy atom. The van der Waals surface area contributed by atoms with Crippen LogP contribution in [0.2, 0.25) is 0 Å². The van der Waals surface area contributed by atoms with E-state index in [9.17, 15) is 0 Å². The Kier molecular flexibility index (Phi) is 2.58. The topological polar surface area (TPSA) is 44.9 Å². The molecule has 0 aliphatic carbocycles. The summed E-state index contributed by atoms with van der Waals surface area (Å²) in [6.07, 6.45) is 1.82. The molecule has 0 spiro atoms. The van der Waals surface area contributed by atoms with Crippen LogP contribution in [0.1, 0.15) is 17.2 Å². The molecule has 2 aromatic rings. The molecule has 0 saturated carbocycles. The number of aryl methyl sites for hydroxylation is 2. The zero-order valence-electron chi connectivity index (χ0n) is 8.81. The average molecular weight is 201 g/mol. The molecule has 0 radical (unpaired) electrons. The Balaban J connectivity index is 2.26. The van der Waals surface area contributed by atoms with Crippen LogP contribution in [-0.2, 0) is 0 Å². The Morgan fingerprint density at radius 1 is 1.27 bits per heavy atom. The van der Waals surface area contributed by atoms with Crippen molar-refractivity contribution in [3.8, 4) is 0 Å². The molecule has 2 rings (SSSR count). The third-order valence-electron chi connectivity index (χ3n) is 2.13. The zero-order chi connectivity index (χ0) is 10.7. The van der Waals surface area contributed by atoms with Crippen LogP contribution in [-0.4, -0.2) is 16.4 Å². The smallest absolute Gasteiger partial charge is 0.123 e. The van der Waals surface area contributed by atoms with E-state index in [1.807, 2.05) is 50.4 Å². The minimum Gasteiger partial charge on any atom is -0.123 e. The van der Waals surface area contributed by atoms with E-state index in [0.29, 0.717) is 0 Å². The molecule has 0 atom stereocenters. The molecule has 4 heteroatoms. The van der Waals surface area contributed by atoms with Crippen molar-refractivity contribution in [3.05, 3.63) is 47.5 Å². The first-order valence-electron chi connectivity index (χ1n) is 4.80. The molecule has 76 valence electrons. The van der Waals surface area contributed by atoms with Gasteiger partial charge in [0, 0.05) is 18.9 Å². The lowest BCUT2D eigenvalue weighted by Crippen LogP contribution is -2.32. The van der Waals surface area contributed by atoms with E-state index < -0.39 is 0 Å². The molecule has 0 unspecified atom stereocenters. The predicted molar refractivity (Wildman–Crippen MR) is 57.7 cm³/mol. The van der Waals surface area contributed by atoms with Crippen molar-refractivity contribution in [2.75, 3.05) is 0 Å². The number of nitrogens with one attached hydrogen (secondary N) is 1. The van der Waals surface area contributed by atoms with Crippen LogP contribution in [0.25, 0.3) is 0 Å². The van der Waals surface area contributed by atoms with Crippen LogP contribution in [0.3, 0.4) is 0 Å². The number of hydrogen-bond acceptors (Lipinski definition) is 2. The molecule has 15 heavy (non-hydrogen) atoms. The molecule has 1 aromatic carbocycles. The lowest BCUT2D eigenvalue weighted by atomic mass is 10.2. The highest BCUT2D eigenvalue weighted by Crippen LogP contribution is 1.93. The van der Waals surface area contributed by atoms with Gasteiger partial charge in [-0.2, -0.15) is 0 Å². The standard InChI is InChI=1S/C11H12N4/c1-9-13-14-10(2)15(9)12-8-11-6-4-3-5-7-11/h3-8H,1-2H3/p+1/b12-8-. The van der Waals surface area contributed by atoms with E-state index in [-0.39, 0.29) is 0 Å². The number of aromatic amines is 1. The van der Waals surface area contributed by atoms with Crippen molar-refractivity contribution in [1.82, 2.24) is 10.2 Å². The Hall–Kier alpha value is -1.97. The summed E-state index contributed by atoms with van der Waals surface area (Å²) in [6.45, 7) is 3.84. The second kappa shape index (κ2) is 4.04. The van der Waals surface area contributed by atoms with Gasteiger partial charge in [-0.15, -0.1) is 14.9 Å². The minimum absolute atomic E-state index is 0.847. The summed E-state index contributed by atoms with van der Waals surface area (Å²) in [5, 5.41) is 11.3. The third-order valence-corrected chi connectivity index (χ3v) is 2.13. The van der Waals surface area contributed by atoms with Crippen molar-refractivity contribution in [2.24, 2.45) is 5.10 Å². The first-order valence-corrected chi connectivity index (χ1v) is 4.80. The summed E-state index contributed by atoms with van der Waals surface area (Å²) < 4.78 is 1.77. The van der Waals surface area contributed by atoms with E-state index in [1.165, 1.54) is 0 Å². The molecule has 1 aromatic heterocycles. The molecular weight excluding hydrogens is 188 g/mol. The summed E-state index contributed by atoms with van der Waals surface area (Å²) in [5.74, 6) is 1.76. The van der Waals surface area contributed by atoms with Gasteiger partial charge in [0.15, 0.2) is 0 Å². The van der Waals surface area contributed by atoms with Gasteiger partial charge < -0.3 is 0 Å². The number of hydrogen-bond donors (Lipinski definition) is 1. The molecule has 0 saturated heterocycles. The SMILES string of the molecule is Cc1n[nH]c(C)[n+]1/N=C\c1ccccc1. The summed E-state index contributed by atoms with van der Waals surface area (Å²) in [7, 11) is 0. The van der Waals surface area contributed by atoms with Crippen LogP contribution < -0.4 is 4.68 Å². The van der Waals surface area contributed by atoms with Crippen LogP contribution in [0.15, 0.2) is 35.4 Å². The maximum absolute atomic E-state index is 4.33. The molecule has 0 amide bonds. The highest BCUT2D eigenvalue weighted by atomic mass is 15.4. The van der Waals surface area contributed by atoms with Crippen LogP contribution >= 0.6 is 0 Å². The maximum Gasteiger partial charge on any atom is 0.298 e. The maximum atomic E-state index is 4.33. The molecule has 4 nitrogen and oxygen atoms in total. The molecule has 1 heterocycles. The molecule has 0 aliphatic rings. The third kappa shape index (κ3) is 2.10. The number of aromatic nitrogens is 3. The number of benzene rings is 1. The van der Waals surface area contributed by atoms with E-state index in [2.05, 4.69) is 15.3 Å². The highest BCUT2D eigenvalue weighted by molar-refractivity contribution is 5.78. The van der Waals surface area contributed by atoms with Gasteiger partial charge in [0.25, 0.3) is 11.6 Å². The molecule has 0 aliphatic heterocycles. The predicted octanol–water partition coefficient (Wildman–Crippen LogP) is 1.20. The largest absolute Gasteiger partial charge is 0.298 e. The van der Waals surface area contributed by atoms with Crippen molar-refractivity contribution >= 4 is 6.21 Å². The molecule has 0 fully saturated rings. The van der Waals surface area contributed by atoms with Gasteiger partial charge in [-0.1, -0.05) is 30.3 Å². The van der Waals surface area contributed by atoms with Crippen LogP contribution in [0.4, 0.5) is 0 Å². The van der Waals surface area contributed by atoms with Gasteiger partial charge in [0.2, 0.25) is 0 Å². The Morgan fingerprint density at radius 2 is 2.00 bits per heavy atom. The van der Waals surface area contributed by atoms with Crippen molar-refractivity contribution in [3.63, 3.8) is 0 Å². The summed E-state index contributed by atoms with van der Waals surface area (Å²) in [4.78, 5) is 0. The van der Waals surface area contributed by atoms with Gasteiger partial charge in [0.05, 0.1) is 6.21 Å². The van der Waals surface area contributed by atoms with Crippen molar-refractivity contribution in [2.45, 2.75) is 13.8 Å². The van der Waals surface area contributed by atoms with E-state index in [4.69, 9.17) is 0 Å². The van der Waals surface area contributed by atoms with Crippen molar-refractivity contribution in [1.29, 1.82) is 0 Å². The number of H-pyrrole nitrogens is 1. The normalized spacial score (nSPS) is 11.1. The first kappa shape index (κ1) is 9.58. The first-order chi connectivity index (χ1) is 7.27. The Bertz CT molecular complexity index is 451. The van der Waals surface area contributed by atoms with Crippen molar-refractivity contribution < 1.29 is 4.68 Å². The van der Waals surface area contributed by atoms with Crippen LogP contribution in [0.5, 0.6) is 0 Å². The van der Waals surface area contributed by atoms with Gasteiger partial charge in [-0.3, -0.25) is 0 Å². The van der Waals surface area contributed by atoms with E-state index >= 15 is 0 Å². The van der Waals surface area contributed by atoms with Gasteiger partial charge in [-0.05, 0) is 5.56 Å². The second-order valence-electron chi connectivity index (χ2n) is 3.32. The highest BCUT2D eigenvalue weighted by Gasteiger charge is 2.09. The lowest BCUT2D eigenvalue weighted by molar-refractivity contribution is -0.690. The molecule has 0 bridgehead atoms. The summed E-state index contributed by atoms with van der Waals surface area (Å²) in [5.41, 5.74) is 1.07.